The molecule has 1 amide bonds. The lowest BCUT2D eigenvalue weighted by Crippen LogP contribution is -2.30. The highest BCUT2D eigenvalue weighted by Crippen LogP contribution is 2.27. The van der Waals surface area contributed by atoms with Crippen molar-refractivity contribution in [1.82, 2.24) is 14.7 Å². The largest absolute Gasteiger partial charge is 0.355 e. The molecule has 18 heavy (non-hydrogen) atoms. The average Bonchev–Trinajstić information content (AvgIpc) is 2.69. The fraction of sp³-hybridized carbons (Fsp3) is 0.385. The second-order valence-electron chi connectivity index (χ2n) is 4.43. The molecule has 1 aliphatic heterocycles. The van der Waals surface area contributed by atoms with Crippen LogP contribution in [0.25, 0.3) is 5.52 Å². The van der Waals surface area contributed by atoms with Gasteiger partial charge in [-0.1, -0.05) is 24.2 Å². The maximum Gasteiger partial charge on any atom is 0.233 e. The molecule has 94 valence electrons. The molecule has 1 aliphatic rings. The molecule has 0 aliphatic carbocycles. The van der Waals surface area contributed by atoms with Crippen LogP contribution in [0.15, 0.2) is 35.7 Å². The van der Waals surface area contributed by atoms with Gasteiger partial charge in [0.1, 0.15) is 0 Å². The van der Waals surface area contributed by atoms with E-state index < -0.39 is 0 Å². The maximum atomic E-state index is 11.9. The van der Waals surface area contributed by atoms with Gasteiger partial charge in [-0.15, -0.1) is 0 Å². The van der Waals surface area contributed by atoms with E-state index in [0.717, 1.165) is 36.5 Å². The maximum absolute atomic E-state index is 11.9. The second-order valence-corrected chi connectivity index (χ2v) is 5.60. The van der Waals surface area contributed by atoms with Gasteiger partial charge < -0.3 is 5.32 Å². The molecule has 1 N–H and O–H groups in total. The van der Waals surface area contributed by atoms with Crippen molar-refractivity contribution in [2.75, 3.05) is 6.54 Å². The molecule has 2 aromatic rings. The van der Waals surface area contributed by atoms with Gasteiger partial charge in [0.2, 0.25) is 5.91 Å². The topological polar surface area (TPSA) is 46.4 Å². The monoisotopic (exact) mass is 261 g/mol. The molecular formula is C13H15N3OS. The van der Waals surface area contributed by atoms with Gasteiger partial charge in [-0.25, -0.2) is 4.98 Å². The van der Waals surface area contributed by atoms with Crippen LogP contribution in [-0.4, -0.2) is 27.1 Å². The predicted molar refractivity (Wildman–Crippen MR) is 71.7 cm³/mol. The van der Waals surface area contributed by atoms with E-state index >= 15 is 0 Å². The number of aromatic nitrogens is 2. The lowest BCUT2D eigenvalue weighted by Gasteiger charge is -2.11. The van der Waals surface area contributed by atoms with Crippen molar-refractivity contribution >= 4 is 23.2 Å². The molecule has 5 heteroatoms. The van der Waals surface area contributed by atoms with Gasteiger partial charge >= 0.3 is 0 Å². The second kappa shape index (κ2) is 5.02. The minimum atomic E-state index is -0.0155. The summed E-state index contributed by atoms with van der Waals surface area (Å²) in [5, 5.41) is 3.84. The van der Waals surface area contributed by atoms with Crippen LogP contribution in [0, 0.1) is 0 Å². The first-order chi connectivity index (χ1) is 8.84. The standard InChI is InChI=1S/C13H15N3OS/c17-12-11(6-1-3-7-14-12)18-13-15-9-10-5-2-4-8-16(10)13/h2,4-5,8-9,11H,1,3,6-7H2,(H,14,17)/t11-/m0/s1. The number of carbonyl (C=O) groups excluding carboxylic acids is 1. The molecule has 4 nitrogen and oxygen atoms in total. The van der Waals surface area contributed by atoms with Crippen LogP contribution in [0.5, 0.6) is 0 Å². The smallest absolute Gasteiger partial charge is 0.233 e. The van der Waals surface area contributed by atoms with Gasteiger partial charge in [-0.05, 0) is 25.0 Å². The Labute approximate surface area is 110 Å². The van der Waals surface area contributed by atoms with E-state index in [1.807, 2.05) is 35.0 Å². The molecular weight excluding hydrogens is 246 g/mol. The zero-order chi connectivity index (χ0) is 12.4. The predicted octanol–water partition coefficient (Wildman–Crippen LogP) is 2.10. The SMILES string of the molecule is O=C1NCCCC[C@@H]1Sc1ncc2ccccn12. The normalized spacial score (nSPS) is 20.7. The van der Waals surface area contributed by atoms with Gasteiger partial charge in [0.25, 0.3) is 0 Å². The summed E-state index contributed by atoms with van der Waals surface area (Å²) in [4.78, 5) is 16.3. The van der Waals surface area contributed by atoms with Gasteiger partial charge in [0.15, 0.2) is 5.16 Å². The number of imidazole rings is 1. The number of fused-ring (bicyclic) bond motifs is 1. The van der Waals surface area contributed by atoms with Crippen molar-refractivity contribution in [2.45, 2.75) is 29.7 Å². The van der Waals surface area contributed by atoms with Crippen LogP contribution in [0.2, 0.25) is 0 Å². The van der Waals surface area contributed by atoms with Crippen LogP contribution >= 0.6 is 11.8 Å². The van der Waals surface area contributed by atoms with E-state index in [0.29, 0.717) is 0 Å². The van der Waals surface area contributed by atoms with Crippen LogP contribution in [0.4, 0.5) is 0 Å². The van der Waals surface area contributed by atoms with Crippen LogP contribution in [-0.2, 0) is 4.79 Å². The van der Waals surface area contributed by atoms with Gasteiger partial charge in [0.05, 0.1) is 17.0 Å². The Morgan fingerprint density at radius 2 is 2.33 bits per heavy atom. The zero-order valence-corrected chi connectivity index (χ0v) is 10.8. The molecule has 2 aromatic heterocycles. The van der Waals surface area contributed by atoms with Crippen LogP contribution in [0.1, 0.15) is 19.3 Å². The minimum absolute atomic E-state index is 0.0155. The summed E-state index contributed by atoms with van der Waals surface area (Å²) in [5.41, 5.74) is 1.06. The summed E-state index contributed by atoms with van der Waals surface area (Å²) in [6, 6.07) is 5.99. The fourth-order valence-electron chi connectivity index (χ4n) is 2.16. The Balaban J connectivity index is 1.85. The number of hydrogen-bond acceptors (Lipinski definition) is 3. The molecule has 0 aromatic carbocycles. The molecule has 3 heterocycles. The first-order valence-corrected chi connectivity index (χ1v) is 7.09. The lowest BCUT2D eigenvalue weighted by atomic mass is 10.2. The summed E-state index contributed by atoms with van der Waals surface area (Å²) >= 11 is 1.56. The van der Waals surface area contributed by atoms with Crippen LogP contribution in [0.3, 0.4) is 0 Å². The molecule has 0 saturated carbocycles. The average molecular weight is 261 g/mol. The summed E-state index contributed by atoms with van der Waals surface area (Å²) in [7, 11) is 0. The Hall–Kier alpha value is -1.49. The number of pyridine rings is 1. The number of nitrogens with one attached hydrogen (secondary N) is 1. The van der Waals surface area contributed by atoms with E-state index in [9.17, 15) is 4.79 Å². The Bertz CT molecular complexity index is 566. The first-order valence-electron chi connectivity index (χ1n) is 6.21. The highest BCUT2D eigenvalue weighted by atomic mass is 32.2. The van der Waals surface area contributed by atoms with E-state index in [1.165, 1.54) is 0 Å². The molecule has 0 unspecified atom stereocenters. The van der Waals surface area contributed by atoms with Gasteiger partial charge in [-0.3, -0.25) is 9.20 Å². The minimum Gasteiger partial charge on any atom is -0.355 e. The summed E-state index contributed by atoms with van der Waals surface area (Å²) in [5.74, 6) is 0.144. The molecule has 3 rings (SSSR count). The Morgan fingerprint density at radius 1 is 1.39 bits per heavy atom. The zero-order valence-electron chi connectivity index (χ0n) is 10.0. The lowest BCUT2D eigenvalue weighted by molar-refractivity contribution is -0.120. The van der Waals surface area contributed by atoms with E-state index in [-0.39, 0.29) is 11.2 Å². The molecule has 0 radical (unpaired) electrons. The first kappa shape index (κ1) is 11.6. The molecule has 0 spiro atoms. The summed E-state index contributed by atoms with van der Waals surface area (Å²) < 4.78 is 2.03. The third-order valence-electron chi connectivity index (χ3n) is 3.14. The van der Waals surface area contributed by atoms with E-state index in [4.69, 9.17) is 0 Å². The van der Waals surface area contributed by atoms with E-state index in [1.54, 1.807) is 11.8 Å². The van der Waals surface area contributed by atoms with Crippen molar-refractivity contribution in [3.05, 3.63) is 30.6 Å². The summed E-state index contributed by atoms with van der Waals surface area (Å²) in [6.07, 6.45) is 6.93. The highest BCUT2D eigenvalue weighted by molar-refractivity contribution is 8.00. The number of nitrogens with zero attached hydrogens (tertiary/aromatic N) is 2. The number of amides is 1. The van der Waals surface area contributed by atoms with Gasteiger partial charge in [-0.2, -0.15) is 0 Å². The molecule has 0 bridgehead atoms. The number of thioether (sulfide) groups is 1. The van der Waals surface area contributed by atoms with E-state index in [2.05, 4.69) is 10.3 Å². The molecule has 1 saturated heterocycles. The summed E-state index contributed by atoms with van der Waals surface area (Å²) in [6.45, 7) is 0.804. The van der Waals surface area contributed by atoms with Crippen molar-refractivity contribution in [3.8, 4) is 0 Å². The number of hydrogen-bond donors (Lipinski definition) is 1. The molecule has 1 atom stereocenters. The van der Waals surface area contributed by atoms with Crippen molar-refractivity contribution in [3.63, 3.8) is 0 Å². The quantitative estimate of drug-likeness (QED) is 0.900. The molecule has 1 fully saturated rings. The van der Waals surface area contributed by atoms with Gasteiger partial charge in [0, 0.05) is 12.7 Å². The number of carbonyl (C=O) groups is 1. The van der Waals surface area contributed by atoms with Crippen LogP contribution < -0.4 is 5.32 Å². The number of rotatable bonds is 2. The fourth-order valence-corrected chi connectivity index (χ4v) is 3.28. The van der Waals surface area contributed by atoms with Crippen molar-refractivity contribution in [2.24, 2.45) is 0 Å². The van der Waals surface area contributed by atoms with Crippen molar-refractivity contribution < 1.29 is 4.79 Å². The Kier molecular flexibility index (Phi) is 3.23. The third kappa shape index (κ3) is 2.22. The third-order valence-corrected chi connectivity index (χ3v) is 4.38. The Morgan fingerprint density at radius 3 is 3.28 bits per heavy atom. The van der Waals surface area contributed by atoms with Crippen molar-refractivity contribution in [1.29, 1.82) is 0 Å². The highest BCUT2D eigenvalue weighted by Gasteiger charge is 2.23.